The summed E-state index contributed by atoms with van der Waals surface area (Å²) in [6, 6.07) is 19.7. The Bertz CT molecular complexity index is 1380. The summed E-state index contributed by atoms with van der Waals surface area (Å²) in [5.74, 6) is -0.433. The predicted molar refractivity (Wildman–Crippen MR) is 136 cm³/mol. The highest BCUT2D eigenvalue weighted by Gasteiger charge is 2.47. The molecule has 36 heavy (non-hydrogen) atoms. The fraction of sp³-hybridized carbons (Fsp3) is 0.207. The number of methoxy groups -OCH3 is 2. The number of nitriles is 1. The first-order chi connectivity index (χ1) is 17.3. The maximum atomic E-state index is 13.4. The quantitative estimate of drug-likeness (QED) is 0.290. The van der Waals surface area contributed by atoms with Gasteiger partial charge in [0.05, 0.1) is 37.5 Å². The second kappa shape index (κ2) is 9.96. The Hall–Kier alpha value is -4.57. The Balaban J connectivity index is 1.93. The number of ketones is 1. The number of Topliss-reactive ketones (excluding diaryl/α,β-unsaturated/α-hetero) is 1. The van der Waals surface area contributed by atoms with Crippen molar-refractivity contribution in [3.63, 3.8) is 0 Å². The molecule has 1 aliphatic heterocycles. The molecule has 0 spiro atoms. The summed E-state index contributed by atoms with van der Waals surface area (Å²) in [7, 11) is 3.13. The second-order valence-corrected chi connectivity index (χ2v) is 8.71. The first-order valence-electron chi connectivity index (χ1n) is 11.4. The van der Waals surface area contributed by atoms with Crippen molar-refractivity contribution in [2.24, 2.45) is 0 Å². The minimum Gasteiger partial charge on any atom is -0.507 e. The maximum Gasteiger partial charge on any atom is 0.300 e. The van der Waals surface area contributed by atoms with Crippen molar-refractivity contribution in [1.29, 1.82) is 5.26 Å². The summed E-state index contributed by atoms with van der Waals surface area (Å²) >= 11 is 0. The summed E-state index contributed by atoms with van der Waals surface area (Å²) in [6.45, 7) is 4.01. The lowest BCUT2D eigenvalue weighted by molar-refractivity contribution is -0.132. The molecule has 1 fully saturated rings. The van der Waals surface area contributed by atoms with Crippen LogP contribution < -0.4 is 14.4 Å². The van der Waals surface area contributed by atoms with Crippen LogP contribution in [0.15, 0.2) is 72.3 Å². The Labute approximate surface area is 209 Å². The molecule has 1 amide bonds. The molecular formula is C29H26N2O5. The van der Waals surface area contributed by atoms with Gasteiger partial charge in [-0.15, -0.1) is 0 Å². The number of aliphatic hydroxyl groups excluding tert-OH is 1. The Morgan fingerprint density at radius 1 is 0.972 bits per heavy atom. The molecule has 7 nitrogen and oxygen atoms in total. The number of anilines is 1. The minimum absolute atomic E-state index is 0.0191. The van der Waals surface area contributed by atoms with Crippen molar-refractivity contribution in [3.05, 3.63) is 94.6 Å². The molecular weight excluding hydrogens is 456 g/mol. The summed E-state index contributed by atoms with van der Waals surface area (Å²) in [5, 5.41) is 20.6. The lowest BCUT2D eigenvalue weighted by atomic mass is 9.93. The van der Waals surface area contributed by atoms with Gasteiger partial charge >= 0.3 is 0 Å². The zero-order valence-corrected chi connectivity index (χ0v) is 20.5. The van der Waals surface area contributed by atoms with Crippen LogP contribution in [0.2, 0.25) is 0 Å². The van der Waals surface area contributed by atoms with Crippen molar-refractivity contribution < 1.29 is 24.2 Å². The van der Waals surface area contributed by atoms with E-state index in [1.54, 1.807) is 80.9 Å². The summed E-state index contributed by atoms with van der Waals surface area (Å²) in [6.07, 6.45) is 0. The van der Waals surface area contributed by atoms with Gasteiger partial charge < -0.3 is 14.6 Å². The average molecular weight is 483 g/mol. The lowest BCUT2D eigenvalue weighted by Gasteiger charge is -2.25. The van der Waals surface area contributed by atoms with Crippen LogP contribution in [0.4, 0.5) is 5.69 Å². The topological polar surface area (TPSA) is 99.9 Å². The molecule has 3 aromatic rings. The van der Waals surface area contributed by atoms with E-state index < -0.39 is 17.7 Å². The molecule has 1 N–H and O–H groups in total. The van der Waals surface area contributed by atoms with Gasteiger partial charge in [-0.05, 0) is 71.6 Å². The third-order valence-electron chi connectivity index (χ3n) is 6.28. The van der Waals surface area contributed by atoms with Crippen LogP contribution in [0.3, 0.4) is 0 Å². The monoisotopic (exact) mass is 482 g/mol. The number of ether oxygens (including phenoxy) is 2. The Morgan fingerprint density at radius 2 is 1.64 bits per heavy atom. The number of carbonyl (C=O) groups excluding carboxylic acids is 2. The first kappa shape index (κ1) is 24.6. The third-order valence-corrected chi connectivity index (χ3v) is 6.28. The minimum atomic E-state index is -0.881. The van der Waals surface area contributed by atoms with Gasteiger partial charge in [-0.1, -0.05) is 26.0 Å². The van der Waals surface area contributed by atoms with Gasteiger partial charge in [-0.25, -0.2) is 0 Å². The van der Waals surface area contributed by atoms with Crippen LogP contribution >= 0.6 is 0 Å². The molecule has 1 saturated heterocycles. The lowest BCUT2D eigenvalue weighted by Crippen LogP contribution is -2.29. The van der Waals surface area contributed by atoms with Gasteiger partial charge in [0.15, 0.2) is 0 Å². The van der Waals surface area contributed by atoms with Crippen LogP contribution in [0, 0.1) is 11.3 Å². The van der Waals surface area contributed by atoms with Crippen molar-refractivity contribution in [2.45, 2.75) is 25.8 Å². The molecule has 0 aliphatic carbocycles. The molecule has 3 aromatic carbocycles. The van der Waals surface area contributed by atoms with Gasteiger partial charge in [0.25, 0.3) is 11.7 Å². The van der Waals surface area contributed by atoms with Crippen LogP contribution in [0.1, 0.15) is 48.1 Å². The van der Waals surface area contributed by atoms with Crippen LogP contribution in [0.25, 0.3) is 5.76 Å². The molecule has 182 valence electrons. The van der Waals surface area contributed by atoms with Gasteiger partial charge in [0.1, 0.15) is 17.3 Å². The molecule has 4 rings (SSSR count). The molecule has 1 aliphatic rings. The normalized spacial score (nSPS) is 16.8. The van der Waals surface area contributed by atoms with E-state index in [0.717, 1.165) is 5.56 Å². The average Bonchev–Trinajstić information content (AvgIpc) is 3.17. The van der Waals surface area contributed by atoms with E-state index in [1.165, 1.54) is 4.90 Å². The van der Waals surface area contributed by atoms with Crippen LogP contribution in [-0.4, -0.2) is 31.0 Å². The third kappa shape index (κ3) is 4.29. The van der Waals surface area contributed by atoms with Crippen LogP contribution in [0.5, 0.6) is 11.5 Å². The zero-order valence-electron chi connectivity index (χ0n) is 20.5. The van der Waals surface area contributed by atoms with E-state index in [-0.39, 0.29) is 17.3 Å². The highest BCUT2D eigenvalue weighted by molar-refractivity contribution is 6.51. The smallest absolute Gasteiger partial charge is 0.300 e. The van der Waals surface area contributed by atoms with E-state index in [2.05, 4.69) is 0 Å². The van der Waals surface area contributed by atoms with Gasteiger partial charge in [0, 0.05) is 11.3 Å². The fourth-order valence-corrected chi connectivity index (χ4v) is 4.39. The van der Waals surface area contributed by atoms with E-state index in [0.29, 0.717) is 33.9 Å². The zero-order chi connectivity index (χ0) is 26.0. The largest absolute Gasteiger partial charge is 0.507 e. The molecule has 0 saturated carbocycles. The van der Waals surface area contributed by atoms with Crippen molar-refractivity contribution in [2.75, 3.05) is 19.1 Å². The predicted octanol–water partition coefficient (Wildman–Crippen LogP) is 5.33. The number of nitrogens with zero attached hydrogens (tertiary/aromatic N) is 2. The summed E-state index contributed by atoms with van der Waals surface area (Å²) in [5.41, 5.74) is 2.75. The summed E-state index contributed by atoms with van der Waals surface area (Å²) in [4.78, 5) is 28.0. The molecule has 0 radical (unpaired) electrons. The number of carbonyl (C=O) groups is 2. The molecule has 7 heteroatoms. The number of hydrogen-bond acceptors (Lipinski definition) is 6. The highest BCUT2D eigenvalue weighted by Crippen LogP contribution is 2.43. The van der Waals surface area contributed by atoms with Crippen LogP contribution in [-0.2, 0) is 9.59 Å². The van der Waals surface area contributed by atoms with Gasteiger partial charge in [-0.3, -0.25) is 14.5 Å². The first-order valence-corrected chi connectivity index (χ1v) is 11.4. The van der Waals surface area contributed by atoms with E-state index in [4.69, 9.17) is 14.7 Å². The maximum absolute atomic E-state index is 13.4. The van der Waals surface area contributed by atoms with E-state index in [1.807, 2.05) is 19.9 Å². The fourth-order valence-electron chi connectivity index (χ4n) is 4.39. The van der Waals surface area contributed by atoms with Gasteiger partial charge in [-0.2, -0.15) is 5.26 Å². The number of rotatable bonds is 6. The molecule has 1 atom stereocenters. The number of hydrogen-bond donors (Lipinski definition) is 1. The van der Waals surface area contributed by atoms with E-state index in [9.17, 15) is 14.7 Å². The van der Waals surface area contributed by atoms with Gasteiger partial charge in [0.2, 0.25) is 0 Å². The number of benzene rings is 3. The molecule has 0 aromatic heterocycles. The summed E-state index contributed by atoms with van der Waals surface area (Å²) < 4.78 is 10.7. The van der Waals surface area contributed by atoms with Crippen molar-refractivity contribution >= 4 is 23.1 Å². The standard InChI is InChI=1S/C29H26N2O5/c1-17(2)23-15-20(9-14-24(23)36-4)27(32)25-26(19-7-12-22(35-3)13-8-19)31(29(34)28(25)33)21-10-5-18(16-30)6-11-21/h5-15,17,26,32H,1-4H3/b27-25-. The second-order valence-electron chi connectivity index (χ2n) is 8.71. The van der Waals surface area contributed by atoms with Crippen molar-refractivity contribution in [3.8, 4) is 17.6 Å². The Morgan fingerprint density at radius 3 is 2.19 bits per heavy atom. The van der Waals surface area contributed by atoms with E-state index >= 15 is 0 Å². The Kier molecular flexibility index (Phi) is 6.80. The highest BCUT2D eigenvalue weighted by atomic mass is 16.5. The molecule has 1 heterocycles. The SMILES string of the molecule is COc1ccc(C2/C(=C(/O)c3ccc(OC)c(C(C)C)c3)C(=O)C(=O)N2c2ccc(C#N)cc2)cc1. The number of amides is 1. The molecule has 0 bridgehead atoms. The number of aliphatic hydroxyl groups is 1. The molecule has 1 unspecified atom stereocenters. The van der Waals surface area contributed by atoms with Crippen molar-refractivity contribution in [1.82, 2.24) is 0 Å².